The maximum Gasteiger partial charge on any atom is 0.342 e. The van der Waals surface area contributed by atoms with E-state index < -0.39 is 47.1 Å². The normalized spacial score (nSPS) is 12.6. The van der Waals surface area contributed by atoms with E-state index in [1.807, 2.05) is 0 Å². The number of amides is 2. The maximum atomic E-state index is 12.0. The molecule has 1 rings (SSSR count). The number of aliphatic carboxylic acids is 2. The fraction of sp³-hybridized carbons (Fsp3) is 0.533. The quantitative estimate of drug-likeness (QED) is 0.274. The van der Waals surface area contributed by atoms with E-state index in [1.165, 1.54) is 11.5 Å². The molecule has 1 heterocycles. The van der Waals surface area contributed by atoms with Crippen molar-refractivity contribution < 1.29 is 34.3 Å². The number of hydrogen-bond donors (Lipinski definition) is 4. The summed E-state index contributed by atoms with van der Waals surface area (Å²) in [7, 11) is 0. The van der Waals surface area contributed by atoms with Crippen LogP contribution in [-0.4, -0.2) is 61.0 Å². The highest BCUT2D eigenvalue weighted by molar-refractivity contribution is 5.89. The number of carboxylic acids is 2. The lowest BCUT2D eigenvalue weighted by Gasteiger charge is -2.15. The molecule has 0 saturated carbocycles. The lowest BCUT2D eigenvalue weighted by molar-refractivity contribution is -0.392. The molecule has 0 aliphatic carbocycles. The molecule has 13 nitrogen and oxygen atoms in total. The fourth-order valence-corrected chi connectivity index (χ4v) is 2.34. The molecular formula is C15H21N5O8. The van der Waals surface area contributed by atoms with Gasteiger partial charge >= 0.3 is 17.8 Å². The second-order valence-corrected chi connectivity index (χ2v) is 6.02. The lowest BCUT2D eigenvalue weighted by atomic mass is 10.1. The van der Waals surface area contributed by atoms with Crippen molar-refractivity contribution in [2.45, 2.75) is 39.3 Å². The number of hydrogen-bond acceptors (Lipinski definition) is 7. The molecule has 0 aromatic carbocycles. The number of carboxylic acid groups (broad SMARTS) is 2. The Bertz CT molecular complexity index is 774. The average Bonchev–Trinajstić information content (AvgIpc) is 2.94. The summed E-state index contributed by atoms with van der Waals surface area (Å²) < 4.78 is 1.32. The number of carbonyl (C=O) groups is 4. The molecule has 0 fully saturated rings. The summed E-state index contributed by atoms with van der Waals surface area (Å²) >= 11 is 0. The van der Waals surface area contributed by atoms with Crippen LogP contribution in [0.3, 0.4) is 0 Å². The summed E-state index contributed by atoms with van der Waals surface area (Å²) in [4.78, 5) is 59.6. The van der Waals surface area contributed by atoms with E-state index in [2.05, 4.69) is 15.6 Å². The van der Waals surface area contributed by atoms with Gasteiger partial charge in [0.25, 0.3) is 0 Å². The van der Waals surface area contributed by atoms with Gasteiger partial charge in [-0.05, 0) is 4.92 Å². The third-order valence-electron chi connectivity index (χ3n) is 3.81. The van der Waals surface area contributed by atoms with Crippen LogP contribution < -0.4 is 10.6 Å². The van der Waals surface area contributed by atoms with Crippen LogP contribution in [0.2, 0.25) is 0 Å². The Labute approximate surface area is 158 Å². The van der Waals surface area contributed by atoms with Gasteiger partial charge in [0.15, 0.2) is 5.82 Å². The predicted molar refractivity (Wildman–Crippen MR) is 92.2 cm³/mol. The van der Waals surface area contributed by atoms with Crippen LogP contribution in [0.5, 0.6) is 0 Å². The summed E-state index contributed by atoms with van der Waals surface area (Å²) in [5.74, 6) is -4.80. The molecule has 2 unspecified atom stereocenters. The van der Waals surface area contributed by atoms with Crippen molar-refractivity contribution in [3.8, 4) is 0 Å². The number of carbonyl (C=O) groups excluding carboxylic acids is 2. The zero-order valence-electron chi connectivity index (χ0n) is 15.2. The molecular weight excluding hydrogens is 378 g/mol. The van der Waals surface area contributed by atoms with E-state index >= 15 is 0 Å². The minimum atomic E-state index is -1.59. The largest absolute Gasteiger partial charge is 0.481 e. The van der Waals surface area contributed by atoms with E-state index in [4.69, 9.17) is 10.2 Å². The molecule has 28 heavy (non-hydrogen) atoms. The standard InChI is InChI=1S/C15H21N5O8/c1-8(5-11(21)18-10(15(25)26)6-13(22)23)14(24)16-3-4-19-9(2)17-7-12(19)20(27)28/h7-8,10H,3-6H2,1-2H3,(H,16,24)(H,18,21)(H,22,23)(H,25,26). The number of rotatable bonds is 11. The van der Waals surface area contributed by atoms with Gasteiger partial charge in [-0.2, -0.15) is 0 Å². The SMILES string of the molecule is Cc1ncc([N+](=O)[O-])n1CCNC(=O)C(C)CC(=O)NC(CC(=O)O)C(=O)O. The van der Waals surface area contributed by atoms with Gasteiger partial charge in [-0.1, -0.05) is 6.92 Å². The van der Waals surface area contributed by atoms with E-state index in [0.717, 1.165) is 6.20 Å². The second-order valence-electron chi connectivity index (χ2n) is 6.02. The Morgan fingerprint density at radius 3 is 2.46 bits per heavy atom. The highest BCUT2D eigenvalue weighted by Crippen LogP contribution is 2.12. The van der Waals surface area contributed by atoms with Crippen LogP contribution in [0.15, 0.2) is 6.20 Å². The van der Waals surface area contributed by atoms with Crippen LogP contribution in [0.25, 0.3) is 0 Å². The summed E-state index contributed by atoms with van der Waals surface area (Å²) in [5.41, 5.74) is 0. The fourth-order valence-electron chi connectivity index (χ4n) is 2.34. The second kappa shape index (κ2) is 9.99. The zero-order valence-corrected chi connectivity index (χ0v) is 15.2. The number of aromatic nitrogens is 2. The van der Waals surface area contributed by atoms with Crippen LogP contribution >= 0.6 is 0 Å². The molecule has 0 bridgehead atoms. The first-order chi connectivity index (χ1) is 13.0. The van der Waals surface area contributed by atoms with Crippen molar-refractivity contribution in [1.29, 1.82) is 0 Å². The number of nitrogens with one attached hydrogen (secondary N) is 2. The Morgan fingerprint density at radius 2 is 1.93 bits per heavy atom. The molecule has 0 spiro atoms. The maximum absolute atomic E-state index is 12.0. The van der Waals surface area contributed by atoms with Crippen LogP contribution in [0.1, 0.15) is 25.6 Å². The van der Waals surface area contributed by atoms with Crippen LogP contribution in [0, 0.1) is 23.0 Å². The molecule has 2 amide bonds. The summed E-state index contributed by atoms with van der Waals surface area (Å²) in [6.45, 7) is 3.18. The molecule has 13 heteroatoms. The third-order valence-corrected chi connectivity index (χ3v) is 3.81. The zero-order chi connectivity index (χ0) is 21.4. The molecule has 0 aliphatic heterocycles. The van der Waals surface area contributed by atoms with E-state index in [0.29, 0.717) is 5.82 Å². The molecule has 4 N–H and O–H groups in total. The smallest absolute Gasteiger partial charge is 0.342 e. The monoisotopic (exact) mass is 399 g/mol. The van der Waals surface area contributed by atoms with Crippen molar-refractivity contribution in [1.82, 2.24) is 20.2 Å². The van der Waals surface area contributed by atoms with E-state index in [1.54, 1.807) is 6.92 Å². The molecule has 2 atom stereocenters. The van der Waals surface area contributed by atoms with Gasteiger partial charge < -0.3 is 31.0 Å². The highest BCUT2D eigenvalue weighted by Gasteiger charge is 2.25. The van der Waals surface area contributed by atoms with Gasteiger partial charge in [-0.15, -0.1) is 0 Å². The molecule has 154 valence electrons. The molecule has 0 saturated heterocycles. The van der Waals surface area contributed by atoms with Crippen molar-refractivity contribution in [3.05, 3.63) is 22.1 Å². The van der Waals surface area contributed by atoms with Gasteiger partial charge in [-0.25, -0.2) is 14.3 Å². The first kappa shape index (κ1) is 22.5. The van der Waals surface area contributed by atoms with Gasteiger partial charge in [0.2, 0.25) is 11.8 Å². The third kappa shape index (κ3) is 6.66. The first-order valence-electron chi connectivity index (χ1n) is 8.21. The Balaban J connectivity index is 2.51. The minimum absolute atomic E-state index is 0.0552. The first-order valence-corrected chi connectivity index (χ1v) is 8.21. The number of imidazole rings is 1. The molecule has 1 aromatic heterocycles. The highest BCUT2D eigenvalue weighted by atomic mass is 16.6. The predicted octanol–water partition coefficient (Wildman–Crippen LogP) is -0.714. The van der Waals surface area contributed by atoms with Crippen LogP contribution in [0.4, 0.5) is 5.82 Å². The minimum Gasteiger partial charge on any atom is -0.481 e. The van der Waals surface area contributed by atoms with Gasteiger partial charge in [-0.3, -0.25) is 14.4 Å². The van der Waals surface area contributed by atoms with E-state index in [9.17, 15) is 29.3 Å². The van der Waals surface area contributed by atoms with Crippen molar-refractivity contribution in [2.75, 3.05) is 6.54 Å². The summed E-state index contributed by atoms with van der Waals surface area (Å²) in [6.07, 6.45) is -0.0235. The number of nitro groups is 1. The number of nitrogens with zero attached hydrogens (tertiary/aromatic N) is 3. The Hall–Kier alpha value is -3.51. The average molecular weight is 399 g/mol. The Kier molecular flexibility index (Phi) is 8.04. The van der Waals surface area contributed by atoms with Gasteiger partial charge in [0.05, 0.1) is 13.0 Å². The summed E-state index contributed by atoms with van der Waals surface area (Å²) in [6, 6.07) is -1.59. The molecule has 1 aromatic rings. The lowest BCUT2D eigenvalue weighted by Crippen LogP contribution is -2.43. The topological polar surface area (TPSA) is 194 Å². The van der Waals surface area contributed by atoms with Crippen LogP contribution in [-0.2, 0) is 25.7 Å². The molecule has 0 aliphatic rings. The van der Waals surface area contributed by atoms with Gasteiger partial charge in [0, 0.05) is 19.3 Å². The van der Waals surface area contributed by atoms with E-state index in [-0.39, 0.29) is 25.3 Å². The molecule has 0 radical (unpaired) electrons. The van der Waals surface area contributed by atoms with Crippen molar-refractivity contribution in [2.24, 2.45) is 5.92 Å². The Morgan fingerprint density at radius 1 is 1.29 bits per heavy atom. The summed E-state index contributed by atoms with van der Waals surface area (Å²) in [5, 5.41) is 33.0. The van der Waals surface area contributed by atoms with Gasteiger partial charge in [0.1, 0.15) is 18.8 Å². The number of aryl methyl sites for hydroxylation is 1. The van der Waals surface area contributed by atoms with Crippen molar-refractivity contribution in [3.63, 3.8) is 0 Å². The van der Waals surface area contributed by atoms with Crippen molar-refractivity contribution >= 4 is 29.6 Å².